The number of likely N-dealkylation sites (N-methyl/N-ethyl adjacent to an activating group) is 1. The van der Waals surface area contributed by atoms with Gasteiger partial charge in [0.05, 0.1) is 0 Å². The summed E-state index contributed by atoms with van der Waals surface area (Å²) in [5.41, 5.74) is 0.394. The highest BCUT2D eigenvalue weighted by molar-refractivity contribution is 7.10. The van der Waals surface area contributed by atoms with Gasteiger partial charge in [0.15, 0.2) is 0 Å². The lowest BCUT2D eigenvalue weighted by molar-refractivity contribution is -0.132. The molecule has 1 aromatic heterocycles. The van der Waals surface area contributed by atoms with Crippen molar-refractivity contribution in [3.05, 3.63) is 34.0 Å². The van der Waals surface area contributed by atoms with Gasteiger partial charge in [0.1, 0.15) is 0 Å². The normalized spacial score (nSPS) is 14.1. The summed E-state index contributed by atoms with van der Waals surface area (Å²) in [5.74, 6) is -0.850. The second-order valence-corrected chi connectivity index (χ2v) is 4.80. The molecule has 16 heavy (non-hydrogen) atoms. The van der Waals surface area contributed by atoms with Gasteiger partial charge in [-0.15, -0.1) is 11.3 Å². The fraction of sp³-hybridized carbons (Fsp3) is 0.417. The van der Waals surface area contributed by atoms with Crippen LogP contribution in [0.5, 0.6) is 0 Å². The largest absolute Gasteiger partial charge is 0.478 e. The van der Waals surface area contributed by atoms with Gasteiger partial charge in [0.25, 0.3) is 0 Å². The minimum atomic E-state index is -0.850. The highest BCUT2D eigenvalue weighted by atomic mass is 32.1. The quantitative estimate of drug-likeness (QED) is 0.803. The highest BCUT2D eigenvalue weighted by Gasteiger charge is 2.11. The lowest BCUT2D eigenvalue weighted by atomic mass is 10.2. The summed E-state index contributed by atoms with van der Waals surface area (Å²) in [5, 5.41) is 10.8. The van der Waals surface area contributed by atoms with Crippen LogP contribution >= 0.6 is 11.3 Å². The smallest absolute Gasteiger partial charge is 0.330 e. The molecule has 0 fully saturated rings. The summed E-state index contributed by atoms with van der Waals surface area (Å²) in [6, 6.07) is 4.44. The van der Waals surface area contributed by atoms with Gasteiger partial charge in [-0.05, 0) is 32.3 Å². The zero-order valence-electron chi connectivity index (χ0n) is 9.80. The molecule has 0 spiro atoms. The van der Waals surface area contributed by atoms with Gasteiger partial charge in [0, 0.05) is 23.0 Å². The van der Waals surface area contributed by atoms with E-state index in [2.05, 4.69) is 23.3 Å². The van der Waals surface area contributed by atoms with Crippen molar-refractivity contribution >= 4 is 17.3 Å². The Labute approximate surface area is 100 Å². The van der Waals surface area contributed by atoms with Crippen molar-refractivity contribution in [1.29, 1.82) is 0 Å². The van der Waals surface area contributed by atoms with Gasteiger partial charge < -0.3 is 5.11 Å². The molecule has 0 aliphatic rings. The molecule has 1 N–H and O–H groups in total. The molecular formula is C12H17NO2S. The first kappa shape index (κ1) is 12.9. The molecular weight excluding hydrogens is 222 g/mol. The molecule has 0 aliphatic carbocycles. The predicted molar refractivity (Wildman–Crippen MR) is 66.8 cm³/mol. The Balaban J connectivity index is 2.56. The Bertz CT molecular complexity index is 370. The lowest BCUT2D eigenvalue weighted by Crippen LogP contribution is -2.22. The Morgan fingerprint density at radius 2 is 2.38 bits per heavy atom. The maximum Gasteiger partial charge on any atom is 0.330 e. The number of hydrogen-bond donors (Lipinski definition) is 1. The molecule has 88 valence electrons. The molecule has 1 aromatic rings. The van der Waals surface area contributed by atoms with E-state index in [0.29, 0.717) is 18.2 Å². The molecule has 1 rings (SSSR count). The molecule has 0 aliphatic heterocycles. The van der Waals surface area contributed by atoms with Crippen LogP contribution in [0.3, 0.4) is 0 Å². The van der Waals surface area contributed by atoms with E-state index in [1.165, 1.54) is 4.88 Å². The first-order valence-electron chi connectivity index (χ1n) is 5.16. The topological polar surface area (TPSA) is 40.5 Å². The van der Waals surface area contributed by atoms with Crippen molar-refractivity contribution in [2.45, 2.75) is 19.9 Å². The van der Waals surface area contributed by atoms with Crippen molar-refractivity contribution in [3.63, 3.8) is 0 Å². The van der Waals surface area contributed by atoms with Crippen LogP contribution in [-0.2, 0) is 4.79 Å². The zero-order chi connectivity index (χ0) is 12.1. The standard InChI is InChI=1S/C12H17NO2S/c1-9(12(14)15)6-7-13(3)10(2)11-5-4-8-16-11/h4-6,8,10H,7H2,1-3H3,(H,14,15). The second-order valence-electron chi connectivity index (χ2n) is 3.82. The lowest BCUT2D eigenvalue weighted by Gasteiger charge is -2.22. The van der Waals surface area contributed by atoms with Crippen molar-refractivity contribution in [3.8, 4) is 0 Å². The van der Waals surface area contributed by atoms with Crippen LogP contribution in [0.1, 0.15) is 24.8 Å². The Morgan fingerprint density at radius 3 is 2.88 bits per heavy atom. The van der Waals surface area contributed by atoms with Gasteiger partial charge in [-0.3, -0.25) is 4.90 Å². The number of rotatable bonds is 5. The van der Waals surface area contributed by atoms with Gasteiger partial charge in [-0.25, -0.2) is 4.79 Å². The van der Waals surface area contributed by atoms with E-state index in [1.807, 2.05) is 13.1 Å². The molecule has 0 amide bonds. The molecule has 0 bridgehead atoms. The van der Waals surface area contributed by atoms with Crippen LogP contribution < -0.4 is 0 Å². The Morgan fingerprint density at radius 1 is 1.69 bits per heavy atom. The first-order valence-corrected chi connectivity index (χ1v) is 6.04. The van der Waals surface area contributed by atoms with Crippen molar-refractivity contribution in [1.82, 2.24) is 4.90 Å². The third-order valence-electron chi connectivity index (χ3n) is 2.64. The number of aliphatic carboxylic acids is 1. The van der Waals surface area contributed by atoms with Gasteiger partial charge in [0.2, 0.25) is 0 Å². The van der Waals surface area contributed by atoms with Crippen LogP contribution in [0.2, 0.25) is 0 Å². The number of carbonyl (C=O) groups is 1. The van der Waals surface area contributed by atoms with Crippen molar-refractivity contribution < 1.29 is 9.90 Å². The minimum absolute atomic E-state index is 0.317. The van der Waals surface area contributed by atoms with Crippen LogP contribution in [0.15, 0.2) is 29.2 Å². The Kier molecular flexibility index (Phi) is 4.71. The van der Waals surface area contributed by atoms with Crippen LogP contribution in [0.25, 0.3) is 0 Å². The number of carboxylic acid groups (broad SMARTS) is 1. The number of carboxylic acids is 1. The molecule has 0 saturated carbocycles. The zero-order valence-corrected chi connectivity index (χ0v) is 10.6. The van der Waals surface area contributed by atoms with Crippen molar-refractivity contribution in [2.75, 3.05) is 13.6 Å². The summed E-state index contributed by atoms with van der Waals surface area (Å²) in [6.07, 6.45) is 1.74. The summed E-state index contributed by atoms with van der Waals surface area (Å²) in [7, 11) is 2.00. The average Bonchev–Trinajstić information content (AvgIpc) is 2.77. The van der Waals surface area contributed by atoms with E-state index in [9.17, 15) is 4.79 Å². The Hall–Kier alpha value is -1.13. The van der Waals surface area contributed by atoms with E-state index in [4.69, 9.17) is 5.11 Å². The van der Waals surface area contributed by atoms with Crippen LogP contribution in [0.4, 0.5) is 0 Å². The summed E-state index contributed by atoms with van der Waals surface area (Å²) in [4.78, 5) is 14.0. The maximum absolute atomic E-state index is 10.6. The fourth-order valence-corrected chi connectivity index (χ4v) is 2.12. The van der Waals surface area contributed by atoms with E-state index in [-0.39, 0.29) is 0 Å². The first-order chi connectivity index (χ1) is 7.52. The number of nitrogens with zero attached hydrogens (tertiary/aromatic N) is 1. The monoisotopic (exact) mass is 239 g/mol. The predicted octanol–water partition coefficient (Wildman–Crippen LogP) is 2.77. The molecule has 1 unspecified atom stereocenters. The minimum Gasteiger partial charge on any atom is -0.478 e. The molecule has 0 saturated heterocycles. The fourth-order valence-electron chi connectivity index (χ4n) is 1.27. The summed E-state index contributed by atoms with van der Waals surface area (Å²) >= 11 is 1.72. The molecule has 0 aromatic carbocycles. The third-order valence-corrected chi connectivity index (χ3v) is 3.68. The van der Waals surface area contributed by atoms with Gasteiger partial charge in [-0.2, -0.15) is 0 Å². The molecule has 1 atom stereocenters. The SMILES string of the molecule is CC(=CCN(C)C(C)c1cccs1)C(=O)O. The number of hydrogen-bond acceptors (Lipinski definition) is 3. The van der Waals surface area contributed by atoms with E-state index in [1.54, 1.807) is 24.3 Å². The van der Waals surface area contributed by atoms with Crippen LogP contribution in [0, 0.1) is 0 Å². The van der Waals surface area contributed by atoms with Crippen LogP contribution in [-0.4, -0.2) is 29.6 Å². The van der Waals surface area contributed by atoms with Gasteiger partial charge >= 0.3 is 5.97 Å². The van der Waals surface area contributed by atoms with Crippen molar-refractivity contribution in [2.24, 2.45) is 0 Å². The highest BCUT2D eigenvalue weighted by Crippen LogP contribution is 2.23. The molecule has 4 heteroatoms. The number of thiophene rings is 1. The second kappa shape index (κ2) is 5.82. The maximum atomic E-state index is 10.6. The third kappa shape index (κ3) is 3.47. The molecule has 3 nitrogen and oxygen atoms in total. The van der Waals surface area contributed by atoms with E-state index < -0.39 is 5.97 Å². The molecule has 1 heterocycles. The van der Waals surface area contributed by atoms with E-state index in [0.717, 1.165) is 0 Å². The summed E-state index contributed by atoms with van der Waals surface area (Å²) < 4.78 is 0. The summed E-state index contributed by atoms with van der Waals surface area (Å²) in [6.45, 7) is 4.39. The van der Waals surface area contributed by atoms with Gasteiger partial charge in [-0.1, -0.05) is 12.1 Å². The van der Waals surface area contributed by atoms with E-state index >= 15 is 0 Å². The molecule has 0 radical (unpaired) electrons. The average molecular weight is 239 g/mol.